The van der Waals surface area contributed by atoms with Crippen molar-refractivity contribution in [3.8, 4) is 11.5 Å². The van der Waals surface area contributed by atoms with Gasteiger partial charge in [-0.1, -0.05) is 30.7 Å². The van der Waals surface area contributed by atoms with E-state index in [-0.39, 0.29) is 5.91 Å². The number of nitrogens with one attached hydrogen (secondary N) is 1. The summed E-state index contributed by atoms with van der Waals surface area (Å²) in [4.78, 5) is 17.4. The van der Waals surface area contributed by atoms with E-state index in [1.807, 2.05) is 31.2 Å². The first kappa shape index (κ1) is 20.3. The molecule has 0 spiro atoms. The minimum Gasteiger partial charge on any atom is -0.493 e. The molecule has 1 saturated heterocycles. The van der Waals surface area contributed by atoms with Crippen LogP contribution in [0.5, 0.6) is 11.5 Å². The predicted molar refractivity (Wildman–Crippen MR) is 116 cm³/mol. The molecule has 7 heteroatoms. The number of rotatable bonds is 6. The molecule has 0 atom stereocenters. The normalized spacial score (nSPS) is 16.5. The van der Waals surface area contributed by atoms with Gasteiger partial charge in [0.15, 0.2) is 16.7 Å². The number of carbonyl (C=O) groups excluding carboxylic acids is 1. The Balaban J connectivity index is 1.85. The van der Waals surface area contributed by atoms with E-state index in [2.05, 4.69) is 17.2 Å². The van der Waals surface area contributed by atoms with Gasteiger partial charge in [-0.2, -0.15) is 0 Å². The van der Waals surface area contributed by atoms with Crippen molar-refractivity contribution in [3.05, 3.63) is 57.5 Å². The lowest BCUT2D eigenvalue weighted by molar-refractivity contribution is -0.115. The lowest BCUT2D eigenvalue weighted by atomic mass is 10.1. The number of hydrogen-bond acceptors (Lipinski definition) is 5. The van der Waals surface area contributed by atoms with Crippen LogP contribution in [0.25, 0.3) is 6.08 Å². The van der Waals surface area contributed by atoms with Crippen LogP contribution in [0.4, 0.5) is 5.69 Å². The number of aryl methyl sites for hydroxylation is 1. The van der Waals surface area contributed by atoms with Crippen LogP contribution < -0.4 is 14.8 Å². The molecule has 0 saturated carbocycles. The van der Waals surface area contributed by atoms with E-state index in [0.29, 0.717) is 38.8 Å². The quantitative estimate of drug-likeness (QED) is 0.657. The molecule has 1 aliphatic rings. The zero-order valence-electron chi connectivity index (χ0n) is 15.9. The van der Waals surface area contributed by atoms with Crippen molar-refractivity contribution in [3.63, 3.8) is 0 Å². The molecule has 146 valence electrons. The largest absolute Gasteiger partial charge is 0.493 e. The van der Waals surface area contributed by atoms with E-state index >= 15 is 0 Å². The van der Waals surface area contributed by atoms with Crippen molar-refractivity contribution >= 4 is 46.2 Å². The van der Waals surface area contributed by atoms with Crippen molar-refractivity contribution in [2.45, 2.75) is 20.3 Å². The maximum Gasteiger partial charge on any atom is 0.264 e. The van der Waals surface area contributed by atoms with Crippen LogP contribution in [0.15, 0.2) is 46.3 Å². The van der Waals surface area contributed by atoms with Gasteiger partial charge in [0.05, 0.1) is 29.3 Å². The fourth-order valence-corrected chi connectivity index (χ4v) is 3.68. The Labute approximate surface area is 173 Å². The average Bonchev–Trinajstić information content (AvgIpc) is 3.03. The number of amides is 1. The van der Waals surface area contributed by atoms with E-state index in [9.17, 15) is 4.79 Å². The molecule has 0 radical (unpaired) electrons. The minimum absolute atomic E-state index is 0.209. The summed E-state index contributed by atoms with van der Waals surface area (Å²) in [5.41, 5.74) is 2.71. The molecular formula is C21H21ClN2O3S. The standard InChI is InChI=1S/C21H21ClN2O3S/c1-4-13-6-8-15(9-7-13)23-21-24-20(25)19(28-21)11-14-10-18(27-5-2)17(26-3)12-16(14)22/h6-12H,4-5H2,1-3H3,(H,23,24,25)/b19-11+. The summed E-state index contributed by atoms with van der Waals surface area (Å²) in [6.07, 6.45) is 2.70. The number of carbonyl (C=O) groups is 1. The summed E-state index contributed by atoms with van der Waals surface area (Å²) in [5, 5.41) is 3.80. The molecule has 0 aromatic heterocycles. The summed E-state index contributed by atoms with van der Waals surface area (Å²) in [5.74, 6) is 0.920. The van der Waals surface area contributed by atoms with Gasteiger partial charge in [0.1, 0.15) is 0 Å². The molecular weight excluding hydrogens is 396 g/mol. The molecule has 0 aliphatic carbocycles. The number of ether oxygens (including phenoxy) is 2. The van der Waals surface area contributed by atoms with Crippen LogP contribution in [0.2, 0.25) is 5.02 Å². The molecule has 1 N–H and O–H groups in total. The lowest BCUT2D eigenvalue weighted by Gasteiger charge is -2.11. The highest BCUT2D eigenvalue weighted by Crippen LogP contribution is 2.36. The van der Waals surface area contributed by atoms with Crippen molar-refractivity contribution in [2.24, 2.45) is 4.99 Å². The Kier molecular flexibility index (Phi) is 6.65. The number of hydrogen-bond donors (Lipinski definition) is 1. The Morgan fingerprint density at radius 2 is 1.93 bits per heavy atom. The maximum atomic E-state index is 12.3. The Morgan fingerprint density at radius 3 is 2.57 bits per heavy atom. The van der Waals surface area contributed by atoms with Gasteiger partial charge in [0.25, 0.3) is 5.91 Å². The number of amidine groups is 1. The van der Waals surface area contributed by atoms with Crippen molar-refractivity contribution in [1.82, 2.24) is 5.32 Å². The van der Waals surface area contributed by atoms with Crippen molar-refractivity contribution < 1.29 is 14.3 Å². The van der Waals surface area contributed by atoms with Crippen LogP contribution >= 0.6 is 23.4 Å². The number of thioether (sulfide) groups is 1. The lowest BCUT2D eigenvalue weighted by Crippen LogP contribution is -2.19. The van der Waals surface area contributed by atoms with Gasteiger partial charge in [0.2, 0.25) is 0 Å². The third-order valence-corrected chi connectivity index (χ3v) is 5.33. The SMILES string of the molecule is CCOc1cc(/C=C2/SC(=Nc3ccc(CC)cc3)NC2=O)c(Cl)cc1OC. The fourth-order valence-electron chi connectivity index (χ4n) is 2.63. The summed E-state index contributed by atoms with van der Waals surface area (Å²) < 4.78 is 10.9. The summed E-state index contributed by atoms with van der Waals surface area (Å²) in [6.45, 7) is 4.49. The second-order valence-electron chi connectivity index (χ2n) is 5.96. The molecule has 1 fully saturated rings. The third kappa shape index (κ3) is 4.69. The van der Waals surface area contributed by atoms with Gasteiger partial charge < -0.3 is 14.8 Å². The molecule has 1 heterocycles. The number of halogens is 1. The molecule has 1 amide bonds. The van der Waals surface area contributed by atoms with Gasteiger partial charge in [-0.25, -0.2) is 4.99 Å². The summed E-state index contributed by atoms with van der Waals surface area (Å²) in [6, 6.07) is 11.4. The van der Waals surface area contributed by atoms with Crippen LogP contribution in [-0.4, -0.2) is 24.8 Å². The highest BCUT2D eigenvalue weighted by atomic mass is 35.5. The highest BCUT2D eigenvalue weighted by molar-refractivity contribution is 8.18. The zero-order valence-corrected chi connectivity index (χ0v) is 17.5. The van der Waals surface area contributed by atoms with Crippen molar-refractivity contribution in [1.29, 1.82) is 0 Å². The Bertz CT molecular complexity index is 939. The molecule has 2 aromatic carbocycles. The Morgan fingerprint density at radius 1 is 1.18 bits per heavy atom. The second kappa shape index (κ2) is 9.17. The first-order chi connectivity index (χ1) is 13.5. The van der Waals surface area contributed by atoms with E-state index in [0.717, 1.165) is 12.1 Å². The number of methoxy groups -OCH3 is 1. The first-order valence-electron chi connectivity index (χ1n) is 8.92. The summed E-state index contributed by atoms with van der Waals surface area (Å²) in [7, 11) is 1.56. The highest BCUT2D eigenvalue weighted by Gasteiger charge is 2.24. The molecule has 0 unspecified atom stereocenters. The van der Waals surface area contributed by atoms with Crippen molar-refractivity contribution in [2.75, 3.05) is 13.7 Å². The van der Waals surface area contributed by atoms with Crippen LogP contribution in [0, 0.1) is 0 Å². The molecule has 0 bridgehead atoms. The number of aliphatic imine (C=N–C) groups is 1. The van der Waals surface area contributed by atoms with E-state index in [1.54, 1.807) is 25.3 Å². The Hall–Kier alpha value is -2.44. The van der Waals surface area contributed by atoms with Gasteiger partial charge >= 0.3 is 0 Å². The zero-order chi connectivity index (χ0) is 20.1. The second-order valence-corrected chi connectivity index (χ2v) is 7.40. The van der Waals surface area contributed by atoms with E-state index in [1.165, 1.54) is 17.3 Å². The van der Waals surface area contributed by atoms with Crippen LogP contribution in [-0.2, 0) is 11.2 Å². The smallest absolute Gasteiger partial charge is 0.264 e. The molecule has 2 aromatic rings. The van der Waals surface area contributed by atoms with Crippen LogP contribution in [0.3, 0.4) is 0 Å². The predicted octanol–water partition coefficient (Wildman–Crippen LogP) is 5.20. The summed E-state index contributed by atoms with van der Waals surface area (Å²) >= 11 is 7.63. The molecule has 28 heavy (non-hydrogen) atoms. The molecule has 1 aliphatic heterocycles. The van der Waals surface area contributed by atoms with E-state index < -0.39 is 0 Å². The third-order valence-electron chi connectivity index (χ3n) is 4.10. The van der Waals surface area contributed by atoms with Gasteiger partial charge in [-0.15, -0.1) is 0 Å². The minimum atomic E-state index is -0.209. The number of benzene rings is 2. The first-order valence-corrected chi connectivity index (χ1v) is 10.1. The van der Waals surface area contributed by atoms with Crippen LogP contribution in [0.1, 0.15) is 25.0 Å². The molecule has 3 rings (SSSR count). The topological polar surface area (TPSA) is 59.9 Å². The average molecular weight is 417 g/mol. The van der Waals surface area contributed by atoms with Gasteiger partial charge in [-0.3, -0.25) is 4.79 Å². The van der Waals surface area contributed by atoms with E-state index in [4.69, 9.17) is 21.1 Å². The fraction of sp³-hybridized carbons (Fsp3) is 0.238. The van der Waals surface area contributed by atoms with Gasteiger partial charge in [-0.05, 0) is 60.5 Å². The number of nitrogens with zero attached hydrogens (tertiary/aromatic N) is 1. The maximum absolute atomic E-state index is 12.3. The molecule has 5 nitrogen and oxygen atoms in total. The monoisotopic (exact) mass is 416 g/mol. The van der Waals surface area contributed by atoms with Gasteiger partial charge in [0, 0.05) is 6.07 Å².